The molecule has 0 radical (unpaired) electrons. The summed E-state index contributed by atoms with van der Waals surface area (Å²) in [6.07, 6.45) is 0. The lowest BCUT2D eigenvalue weighted by molar-refractivity contribution is 0.0853. The number of ketones is 1. The lowest BCUT2D eigenvalue weighted by Gasteiger charge is -2.17. The molecule has 1 nitrogen and oxygen atoms in total. The quantitative estimate of drug-likeness (QED) is 0.701. The molecule has 0 saturated heterocycles. The maximum atomic E-state index is 13.4. The Morgan fingerprint density at radius 1 is 1.36 bits per heavy atom. The molecule has 0 amide bonds. The van der Waals surface area contributed by atoms with E-state index in [9.17, 15) is 9.18 Å². The number of Topliss-reactive ketones (excluding diaryl/α,β-unsaturated/α-hetero) is 1. The van der Waals surface area contributed by atoms with Crippen LogP contribution in [-0.4, -0.2) is 5.78 Å². The molecule has 1 aromatic rings. The Bertz CT molecular complexity index is 346. The van der Waals surface area contributed by atoms with Gasteiger partial charge in [0.15, 0.2) is 5.78 Å². The number of halogens is 2. The largest absolute Gasteiger partial charge is 0.293 e. The predicted octanol–water partition coefficient (Wildman–Crippen LogP) is 3.82. The zero-order valence-electron chi connectivity index (χ0n) is 8.40. The van der Waals surface area contributed by atoms with Gasteiger partial charge in [0.25, 0.3) is 0 Å². The summed E-state index contributed by atoms with van der Waals surface area (Å²) in [5.74, 6) is -0.665. The Kier molecular flexibility index (Phi) is 3.10. The third kappa shape index (κ3) is 2.21. The molecule has 0 atom stereocenters. The smallest absolute Gasteiger partial charge is 0.172 e. The van der Waals surface area contributed by atoms with Gasteiger partial charge >= 0.3 is 0 Å². The third-order valence-electron chi connectivity index (χ3n) is 1.87. The molecule has 0 unspecified atom stereocenters. The van der Waals surface area contributed by atoms with E-state index in [4.69, 9.17) is 0 Å². The number of hydrogen-bond acceptors (Lipinski definition) is 1. The molecule has 0 heterocycles. The Labute approximate surface area is 91.5 Å². The van der Waals surface area contributed by atoms with Gasteiger partial charge in [0.2, 0.25) is 0 Å². The van der Waals surface area contributed by atoms with Gasteiger partial charge in [-0.3, -0.25) is 4.79 Å². The molecular formula is C11H12BrFO. The SMILES string of the molecule is CC(C)(C)C(=O)c1c(F)cccc1Br. The van der Waals surface area contributed by atoms with Crippen molar-refractivity contribution in [3.8, 4) is 0 Å². The molecule has 0 aliphatic heterocycles. The molecule has 0 aliphatic carbocycles. The van der Waals surface area contributed by atoms with Gasteiger partial charge < -0.3 is 0 Å². The molecule has 0 N–H and O–H groups in total. The lowest BCUT2D eigenvalue weighted by atomic mass is 9.86. The fourth-order valence-electron chi connectivity index (χ4n) is 1.09. The van der Waals surface area contributed by atoms with Gasteiger partial charge in [0.1, 0.15) is 5.82 Å². The molecule has 0 spiro atoms. The van der Waals surface area contributed by atoms with Crippen LogP contribution in [0.25, 0.3) is 0 Å². The van der Waals surface area contributed by atoms with Crippen LogP contribution >= 0.6 is 15.9 Å². The van der Waals surface area contributed by atoms with Gasteiger partial charge in [-0.05, 0) is 28.1 Å². The van der Waals surface area contributed by atoms with E-state index in [0.29, 0.717) is 4.47 Å². The standard InChI is InChI=1S/C11H12BrFO/c1-11(2,3)10(14)9-7(12)5-4-6-8(9)13/h4-6H,1-3H3. The molecule has 0 fully saturated rings. The third-order valence-corrected chi connectivity index (χ3v) is 2.53. The Balaban J connectivity index is 3.26. The van der Waals surface area contributed by atoms with Crippen molar-refractivity contribution in [1.29, 1.82) is 0 Å². The topological polar surface area (TPSA) is 17.1 Å². The first-order valence-electron chi connectivity index (χ1n) is 4.33. The van der Waals surface area contributed by atoms with E-state index in [0.717, 1.165) is 0 Å². The van der Waals surface area contributed by atoms with Crippen molar-refractivity contribution in [3.05, 3.63) is 34.1 Å². The van der Waals surface area contributed by atoms with Crippen molar-refractivity contribution >= 4 is 21.7 Å². The molecular weight excluding hydrogens is 247 g/mol. The minimum absolute atomic E-state index is 0.139. The maximum Gasteiger partial charge on any atom is 0.172 e. The van der Waals surface area contributed by atoms with Crippen molar-refractivity contribution in [2.75, 3.05) is 0 Å². The summed E-state index contributed by atoms with van der Waals surface area (Å²) in [5.41, 5.74) is -0.426. The molecule has 0 bridgehead atoms. The molecule has 1 aromatic carbocycles. The zero-order valence-corrected chi connectivity index (χ0v) is 9.98. The second kappa shape index (κ2) is 3.81. The highest BCUT2D eigenvalue weighted by atomic mass is 79.9. The van der Waals surface area contributed by atoms with Crippen molar-refractivity contribution in [2.24, 2.45) is 5.41 Å². The number of hydrogen-bond donors (Lipinski definition) is 0. The van der Waals surface area contributed by atoms with Crippen molar-refractivity contribution < 1.29 is 9.18 Å². The highest BCUT2D eigenvalue weighted by Crippen LogP contribution is 2.27. The van der Waals surface area contributed by atoms with E-state index < -0.39 is 11.2 Å². The molecule has 14 heavy (non-hydrogen) atoms. The number of rotatable bonds is 1. The second-order valence-electron chi connectivity index (χ2n) is 4.18. The fraction of sp³-hybridized carbons (Fsp3) is 0.364. The van der Waals surface area contributed by atoms with Gasteiger partial charge in [0.05, 0.1) is 5.56 Å². The second-order valence-corrected chi connectivity index (χ2v) is 5.03. The van der Waals surface area contributed by atoms with Crippen LogP contribution in [0.2, 0.25) is 0 Å². The van der Waals surface area contributed by atoms with Crippen LogP contribution in [0, 0.1) is 11.2 Å². The van der Waals surface area contributed by atoms with Crippen LogP contribution in [0.5, 0.6) is 0 Å². The van der Waals surface area contributed by atoms with Crippen LogP contribution in [0.15, 0.2) is 22.7 Å². The highest BCUT2D eigenvalue weighted by Gasteiger charge is 2.27. The summed E-state index contributed by atoms with van der Waals surface area (Å²) < 4.78 is 13.9. The minimum Gasteiger partial charge on any atom is -0.293 e. The normalized spacial score (nSPS) is 11.5. The first-order chi connectivity index (χ1) is 6.34. The predicted molar refractivity (Wildman–Crippen MR) is 57.9 cm³/mol. The molecule has 0 saturated carbocycles. The summed E-state index contributed by atoms with van der Waals surface area (Å²) in [5, 5.41) is 0. The van der Waals surface area contributed by atoms with Crippen molar-refractivity contribution in [2.45, 2.75) is 20.8 Å². The van der Waals surface area contributed by atoms with E-state index >= 15 is 0 Å². The lowest BCUT2D eigenvalue weighted by Crippen LogP contribution is -2.21. The average molecular weight is 259 g/mol. The monoisotopic (exact) mass is 258 g/mol. The van der Waals surface area contributed by atoms with E-state index in [1.54, 1.807) is 32.9 Å². The zero-order chi connectivity index (χ0) is 10.9. The van der Waals surface area contributed by atoms with E-state index in [2.05, 4.69) is 15.9 Å². The molecule has 0 aliphatic rings. The molecule has 76 valence electrons. The summed E-state index contributed by atoms with van der Waals surface area (Å²) in [6.45, 7) is 5.32. The molecule has 0 aromatic heterocycles. The van der Waals surface area contributed by atoms with E-state index in [-0.39, 0.29) is 11.3 Å². The minimum atomic E-state index is -0.565. The highest BCUT2D eigenvalue weighted by molar-refractivity contribution is 9.10. The van der Waals surface area contributed by atoms with Crippen LogP contribution in [0.3, 0.4) is 0 Å². The molecule has 3 heteroatoms. The Morgan fingerprint density at radius 2 is 1.93 bits per heavy atom. The molecule has 1 rings (SSSR count). The van der Waals surface area contributed by atoms with E-state index in [1.165, 1.54) is 6.07 Å². The Morgan fingerprint density at radius 3 is 2.36 bits per heavy atom. The van der Waals surface area contributed by atoms with Gasteiger partial charge in [-0.1, -0.05) is 26.8 Å². The van der Waals surface area contributed by atoms with Crippen LogP contribution in [0.4, 0.5) is 4.39 Å². The van der Waals surface area contributed by atoms with Crippen molar-refractivity contribution in [1.82, 2.24) is 0 Å². The van der Waals surface area contributed by atoms with Gasteiger partial charge in [-0.15, -0.1) is 0 Å². The number of benzene rings is 1. The van der Waals surface area contributed by atoms with Gasteiger partial charge in [-0.2, -0.15) is 0 Å². The first-order valence-corrected chi connectivity index (χ1v) is 5.12. The fourth-order valence-corrected chi connectivity index (χ4v) is 1.61. The summed E-state index contributed by atoms with van der Waals surface area (Å²) >= 11 is 3.18. The summed E-state index contributed by atoms with van der Waals surface area (Å²) in [4.78, 5) is 11.8. The van der Waals surface area contributed by atoms with Crippen LogP contribution < -0.4 is 0 Å². The van der Waals surface area contributed by atoms with Crippen LogP contribution in [-0.2, 0) is 0 Å². The van der Waals surface area contributed by atoms with Gasteiger partial charge in [0, 0.05) is 9.89 Å². The maximum absolute atomic E-state index is 13.4. The van der Waals surface area contributed by atoms with Crippen LogP contribution in [0.1, 0.15) is 31.1 Å². The number of carbonyl (C=O) groups excluding carboxylic acids is 1. The van der Waals surface area contributed by atoms with Gasteiger partial charge in [-0.25, -0.2) is 4.39 Å². The Hall–Kier alpha value is -0.700. The summed E-state index contributed by atoms with van der Waals surface area (Å²) in [6, 6.07) is 4.53. The van der Waals surface area contributed by atoms with E-state index in [1.807, 2.05) is 0 Å². The van der Waals surface area contributed by atoms with Crippen molar-refractivity contribution in [3.63, 3.8) is 0 Å². The average Bonchev–Trinajstić information content (AvgIpc) is 2.01. The number of carbonyl (C=O) groups is 1. The first kappa shape index (κ1) is 11.4. The summed E-state index contributed by atoms with van der Waals surface area (Å²) in [7, 11) is 0.